The first-order valence-electron chi connectivity index (χ1n) is 7.27. The second kappa shape index (κ2) is 6.13. The molecule has 0 amide bonds. The summed E-state index contributed by atoms with van der Waals surface area (Å²) in [4.78, 5) is 12.0. The smallest absolute Gasteiger partial charge is 0.357 e. The zero-order valence-corrected chi connectivity index (χ0v) is 13.5. The summed E-state index contributed by atoms with van der Waals surface area (Å²) >= 11 is 0. The van der Waals surface area contributed by atoms with Crippen LogP contribution in [0.25, 0.3) is 11.4 Å². The minimum absolute atomic E-state index is 0.0125. The fourth-order valence-electron chi connectivity index (χ4n) is 2.49. The second-order valence-corrected chi connectivity index (χ2v) is 5.38. The molecule has 2 heterocycles. The number of nitrogens with zero attached hydrogens (tertiary/aromatic N) is 4. The average molecular weight is 339 g/mol. The first-order chi connectivity index (χ1) is 12.0. The minimum Gasteiger partial charge on any atom is -0.464 e. The number of ether oxygens (including phenoxy) is 1. The van der Waals surface area contributed by atoms with E-state index in [2.05, 4.69) is 5.10 Å². The zero-order chi connectivity index (χ0) is 18.1. The number of esters is 1. The lowest BCUT2D eigenvalue weighted by atomic mass is 10.2. The Morgan fingerprint density at radius 1 is 1.40 bits per heavy atom. The standard InChI is InChI=1S/C17H14FN5O2/c1-10-7-21-23(8-10)14-4-3-12(5-13(14)18)22-9-11(6-19)15(20)16(22)17(24)25-2/h3-5,7-9H,20H2,1-2H3. The van der Waals surface area contributed by atoms with Crippen LogP contribution in [0.1, 0.15) is 21.6 Å². The molecule has 2 aromatic heterocycles. The molecule has 3 rings (SSSR count). The van der Waals surface area contributed by atoms with Crippen molar-refractivity contribution in [2.24, 2.45) is 0 Å². The van der Waals surface area contributed by atoms with Crippen LogP contribution in [0, 0.1) is 24.1 Å². The van der Waals surface area contributed by atoms with Gasteiger partial charge in [-0.3, -0.25) is 0 Å². The van der Waals surface area contributed by atoms with Crippen molar-refractivity contribution in [1.29, 1.82) is 5.26 Å². The van der Waals surface area contributed by atoms with E-state index >= 15 is 0 Å². The van der Waals surface area contributed by atoms with Crippen molar-refractivity contribution in [1.82, 2.24) is 14.3 Å². The number of halogens is 1. The molecule has 0 unspecified atom stereocenters. The van der Waals surface area contributed by atoms with Gasteiger partial charge in [0.25, 0.3) is 0 Å². The molecular weight excluding hydrogens is 325 g/mol. The third kappa shape index (κ3) is 2.72. The lowest BCUT2D eigenvalue weighted by molar-refractivity contribution is 0.0593. The minimum atomic E-state index is -0.716. The van der Waals surface area contributed by atoms with Crippen LogP contribution in [0.15, 0.2) is 36.8 Å². The fraction of sp³-hybridized carbons (Fsp3) is 0.118. The van der Waals surface area contributed by atoms with Crippen molar-refractivity contribution in [3.8, 4) is 17.4 Å². The lowest BCUT2D eigenvalue weighted by Gasteiger charge is -2.10. The molecular formula is C17H14FN5O2. The number of rotatable bonds is 3. The lowest BCUT2D eigenvalue weighted by Crippen LogP contribution is -2.11. The van der Waals surface area contributed by atoms with Gasteiger partial charge in [-0.2, -0.15) is 10.4 Å². The van der Waals surface area contributed by atoms with Crippen LogP contribution in [0.3, 0.4) is 0 Å². The van der Waals surface area contributed by atoms with E-state index in [0.29, 0.717) is 5.69 Å². The Kier molecular flexibility index (Phi) is 3.99. The highest BCUT2D eigenvalue weighted by atomic mass is 19.1. The average Bonchev–Trinajstić information content (AvgIpc) is 3.17. The number of hydrogen-bond donors (Lipinski definition) is 1. The Morgan fingerprint density at radius 2 is 2.16 bits per heavy atom. The Bertz CT molecular complexity index is 1010. The quantitative estimate of drug-likeness (QED) is 0.739. The van der Waals surface area contributed by atoms with Crippen LogP contribution < -0.4 is 5.73 Å². The molecule has 0 aliphatic rings. The van der Waals surface area contributed by atoms with Crippen molar-refractivity contribution >= 4 is 11.7 Å². The Morgan fingerprint density at radius 3 is 2.72 bits per heavy atom. The van der Waals surface area contributed by atoms with Crippen LogP contribution in [-0.4, -0.2) is 27.4 Å². The number of benzene rings is 1. The van der Waals surface area contributed by atoms with Gasteiger partial charge >= 0.3 is 5.97 Å². The molecule has 8 heteroatoms. The molecule has 0 aliphatic carbocycles. The van der Waals surface area contributed by atoms with E-state index < -0.39 is 11.8 Å². The predicted octanol–water partition coefficient (Wildman–Crippen LogP) is 2.35. The highest BCUT2D eigenvalue weighted by Crippen LogP contribution is 2.26. The number of methoxy groups -OCH3 is 1. The molecule has 3 aromatic rings. The molecule has 0 spiro atoms. The van der Waals surface area contributed by atoms with Gasteiger partial charge in [0.05, 0.1) is 24.6 Å². The van der Waals surface area contributed by atoms with Gasteiger partial charge in [-0.15, -0.1) is 0 Å². The molecule has 0 saturated heterocycles. The molecule has 0 saturated carbocycles. The molecule has 0 atom stereocenters. The summed E-state index contributed by atoms with van der Waals surface area (Å²) in [5.74, 6) is -1.26. The summed E-state index contributed by atoms with van der Waals surface area (Å²) < 4.78 is 22.0. The Labute approximate surface area is 142 Å². The normalized spacial score (nSPS) is 10.5. The van der Waals surface area contributed by atoms with Gasteiger partial charge in [0.2, 0.25) is 0 Å². The molecule has 7 nitrogen and oxygen atoms in total. The number of nitrogen functional groups attached to an aromatic ring is 1. The number of aryl methyl sites for hydroxylation is 1. The van der Waals surface area contributed by atoms with Gasteiger partial charge in [-0.05, 0) is 24.6 Å². The fourth-order valence-corrected chi connectivity index (χ4v) is 2.49. The van der Waals surface area contributed by atoms with Gasteiger partial charge in [-0.1, -0.05) is 0 Å². The predicted molar refractivity (Wildman–Crippen MR) is 88.1 cm³/mol. The first-order valence-corrected chi connectivity index (χ1v) is 7.27. The number of anilines is 1. The van der Waals surface area contributed by atoms with Gasteiger partial charge < -0.3 is 15.0 Å². The molecule has 25 heavy (non-hydrogen) atoms. The van der Waals surface area contributed by atoms with Crippen LogP contribution in [0.5, 0.6) is 0 Å². The van der Waals surface area contributed by atoms with Gasteiger partial charge in [-0.25, -0.2) is 13.9 Å². The maximum Gasteiger partial charge on any atom is 0.357 e. The van der Waals surface area contributed by atoms with Crippen molar-refractivity contribution in [2.75, 3.05) is 12.8 Å². The molecule has 2 N–H and O–H groups in total. The molecule has 0 fully saturated rings. The van der Waals surface area contributed by atoms with Crippen molar-refractivity contribution in [3.63, 3.8) is 0 Å². The summed E-state index contributed by atoms with van der Waals surface area (Å²) in [6.07, 6.45) is 4.68. The van der Waals surface area contributed by atoms with Crippen LogP contribution in [0.2, 0.25) is 0 Å². The van der Waals surface area contributed by atoms with Crippen molar-refractivity contribution in [2.45, 2.75) is 6.92 Å². The maximum absolute atomic E-state index is 14.5. The van der Waals surface area contributed by atoms with Crippen LogP contribution in [0.4, 0.5) is 10.1 Å². The number of carbonyl (C=O) groups is 1. The number of carbonyl (C=O) groups excluding carboxylic acids is 1. The van der Waals surface area contributed by atoms with Gasteiger partial charge in [0, 0.05) is 24.1 Å². The topological polar surface area (TPSA) is 98.9 Å². The Hall–Kier alpha value is -3.60. The highest BCUT2D eigenvalue weighted by molar-refractivity contribution is 5.95. The highest BCUT2D eigenvalue weighted by Gasteiger charge is 2.22. The van der Waals surface area contributed by atoms with Crippen LogP contribution in [-0.2, 0) is 4.74 Å². The van der Waals surface area contributed by atoms with E-state index in [-0.39, 0.29) is 22.6 Å². The third-order valence-electron chi connectivity index (χ3n) is 3.71. The molecule has 0 bridgehead atoms. The van der Waals surface area contributed by atoms with E-state index in [1.54, 1.807) is 18.5 Å². The van der Waals surface area contributed by atoms with E-state index in [9.17, 15) is 9.18 Å². The summed E-state index contributed by atoms with van der Waals surface area (Å²) in [7, 11) is 1.20. The summed E-state index contributed by atoms with van der Waals surface area (Å²) in [6, 6.07) is 6.26. The van der Waals surface area contributed by atoms with Crippen LogP contribution >= 0.6 is 0 Å². The third-order valence-corrected chi connectivity index (χ3v) is 3.71. The largest absolute Gasteiger partial charge is 0.464 e. The molecule has 1 aromatic carbocycles. The number of nitriles is 1. The number of hydrogen-bond acceptors (Lipinski definition) is 5. The molecule has 0 radical (unpaired) electrons. The summed E-state index contributed by atoms with van der Waals surface area (Å²) in [5.41, 5.74) is 7.39. The van der Waals surface area contributed by atoms with Crippen molar-refractivity contribution in [3.05, 3.63) is 59.4 Å². The monoisotopic (exact) mass is 339 g/mol. The number of nitrogens with two attached hydrogens (primary N) is 1. The van der Waals surface area contributed by atoms with Gasteiger partial charge in [0.15, 0.2) is 11.5 Å². The molecule has 0 aliphatic heterocycles. The van der Waals surface area contributed by atoms with Crippen molar-refractivity contribution < 1.29 is 13.9 Å². The van der Waals surface area contributed by atoms with E-state index in [4.69, 9.17) is 15.7 Å². The summed E-state index contributed by atoms with van der Waals surface area (Å²) in [5, 5.41) is 13.2. The van der Waals surface area contributed by atoms with Gasteiger partial charge in [0.1, 0.15) is 11.8 Å². The van der Waals surface area contributed by atoms with E-state index in [1.165, 1.54) is 34.7 Å². The Balaban J connectivity index is 2.13. The molecule has 126 valence electrons. The van der Waals surface area contributed by atoms with E-state index in [0.717, 1.165) is 5.56 Å². The first kappa shape index (κ1) is 16.3. The SMILES string of the molecule is COC(=O)c1c(N)c(C#N)cn1-c1ccc(-n2cc(C)cn2)c(F)c1. The second-order valence-electron chi connectivity index (χ2n) is 5.38. The summed E-state index contributed by atoms with van der Waals surface area (Å²) in [6.45, 7) is 1.85. The maximum atomic E-state index is 14.5. The number of aromatic nitrogens is 3. The van der Waals surface area contributed by atoms with E-state index in [1.807, 2.05) is 13.0 Å². The zero-order valence-electron chi connectivity index (χ0n) is 13.5.